The number of benzene rings is 2. The maximum Gasteiger partial charge on any atom is 0.423 e. The van der Waals surface area contributed by atoms with Gasteiger partial charge in [0.1, 0.15) is 29.7 Å². The van der Waals surface area contributed by atoms with Gasteiger partial charge < -0.3 is 29.6 Å². The number of amides is 1. The van der Waals surface area contributed by atoms with Crippen LogP contribution in [0.5, 0.6) is 11.6 Å². The molecule has 10 nitrogen and oxygen atoms in total. The number of aromatic nitrogens is 2. The molecule has 2 aliphatic rings. The lowest BCUT2D eigenvalue weighted by atomic mass is 10.0. The number of piperidine rings is 1. The molecule has 1 aliphatic carbocycles. The minimum absolute atomic E-state index is 0.0748. The number of fused-ring (bicyclic) bond motifs is 1. The van der Waals surface area contributed by atoms with Crippen molar-refractivity contribution in [2.24, 2.45) is 0 Å². The van der Waals surface area contributed by atoms with E-state index in [9.17, 15) is 22.5 Å². The molecule has 1 fully saturated rings. The van der Waals surface area contributed by atoms with Crippen molar-refractivity contribution in [1.82, 2.24) is 24.5 Å². The predicted molar refractivity (Wildman–Crippen MR) is 160 cm³/mol. The summed E-state index contributed by atoms with van der Waals surface area (Å²) in [7, 11) is 5.11. The fourth-order valence-corrected chi connectivity index (χ4v) is 6.13. The van der Waals surface area contributed by atoms with Crippen LogP contribution in [-0.4, -0.2) is 82.3 Å². The zero-order valence-electron chi connectivity index (χ0n) is 24.9. The van der Waals surface area contributed by atoms with Gasteiger partial charge in [0, 0.05) is 42.6 Å². The van der Waals surface area contributed by atoms with Crippen molar-refractivity contribution in [2.75, 3.05) is 45.9 Å². The lowest BCUT2D eigenvalue weighted by Crippen LogP contribution is -2.43. The fraction of sp³-hybridized carbons (Fsp3) is 0.433. The Morgan fingerprint density at radius 3 is 2.59 bits per heavy atom. The van der Waals surface area contributed by atoms with Crippen LogP contribution in [0.4, 0.5) is 24.8 Å². The number of carbonyl (C=O) groups is 1. The van der Waals surface area contributed by atoms with Crippen LogP contribution in [0.25, 0.3) is 0 Å². The standard InChI is InChI=1S/C30H35F3N6O4S/c1-38-13-11-20(12-14-38)35-27(40)19-9-10-23(24(16-19)42-3)36-29-34-17-22(30(31,32)33)28(37-29)43-25-15-18-7-5-6-8-21(18)26(25)39(2)44(4)41/h5-10,16-17,20,25-26H,11-15H2,1-4H3,(H,35,40)(H,34,36,37)/t25-,26-,44?/m1/s1. The van der Waals surface area contributed by atoms with Crippen molar-refractivity contribution >= 4 is 28.9 Å². The molecule has 1 amide bonds. The SMILES string of the molecule is COc1cc(C(=O)NC2CCN(C)CC2)ccc1Nc1ncc(C(F)(F)F)c(O[C@@H]2Cc3ccccc3[C@H]2N(C)[S+](C)[O-])n1. The molecule has 0 radical (unpaired) electrons. The molecule has 236 valence electrons. The third-order valence-electron chi connectivity index (χ3n) is 8.03. The molecule has 1 aromatic heterocycles. The van der Waals surface area contributed by atoms with E-state index in [1.165, 1.54) is 13.4 Å². The lowest BCUT2D eigenvalue weighted by Gasteiger charge is -2.29. The normalized spacial score (nSPS) is 19.8. The molecule has 14 heteroatoms. The number of nitrogens with one attached hydrogen (secondary N) is 2. The highest BCUT2D eigenvalue weighted by Gasteiger charge is 2.43. The Labute approximate surface area is 257 Å². The number of likely N-dealkylation sites (N-methyl/N-ethyl adjacent to an activating group) is 1. The van der Waals surface area contributed by atoms with E-state index in [2.05, 4.69) is 25.5 Å². The van der Waals surface area contributed by atoms with Crippen LogP contribution < -0.4 is 20.1 Å². The van der Waals surface area contributed by atoms with Crippen LogP contribution in [0.15, 0.2) is 48.7 Å². The zero-order chi connectivity index (χ0) is 31.6. The molecule has 2 N–H and O–H groups in total. The maximum absolute atomic E-state index is 14.1. The van der Waals surface area contributed by atoms with Crippen molar-refractivity contribution in [3.05, 3.63) is 70.9 Å². The number of anilines is 2. The monoisotopic (exact) mass is 632 g/mol. The van der Waals surface area contributed by atoms with E-state index in [0.717, 1.165) is 37.1 Å². The van der Waals surface area contributed by atoms with Crippen molar-refractivity contribution < 1.29 is 32.0 Å². The number of alkyl halides is 3. The van der Waals surface area contributed by atoms with E-state index in [4.69, 9.17) is 9.47 Å². The summed E-state index contributed by atoms with van der Waals surface area (Å²) in [5, 5.41) is 5.95. The summed E-state index contributed by atoms with van der Waals surface area (Å²) in [5.74, 6) is -0.767. The predicted octanol–water partition coefficient (Wildman–Crippen LogP) is 4.34. The molecule has 2 heterocycles. The van der Waals surface area contributed by atoms with E-state index in [0.29, 0.717) is 23.9 Å². The molecule has 0 bridgehead atoms. The highest BCUT2D eigenvalue weighted by Crippen LogP contribution is 2.42. The molecule has 0 saturated carbocycles. The van der Waals surface area contributed by atoms with Gasteiger partial charge in [0.15, 0.2) is 0 Å². The van der Waals surface area contributed by atoms with Crippen molar-refractivity contribution in [3.8, 4) is 11.6 Å². The number of nitrogens with zero attached hydrogens (tertiary/aromatic N) is 4. The Bertz CT molecular complexity index is 1490. The molecule has 0 spiro atoms. The first-order chi connectivity index (χ1) is 20.9. The maximum atomic E-state index is 14.1. The second-order valence-electron chi connectivity index (χ2n) is 11.0. The van der Waals surface area contributed by atoms with Crippen LogP contribution in [0.2, 0.25) is 0 Å². The molecule has 1 aliphatic heterocycles. The van der Waals surface area contributed by atoms with Crippen molar-refractivity contribution in [1.29, 1.82) is 0 Å². The van der Waals surface area contributed by atoms with E-state index in [1.54, 1.807) is 29.6 Å². The number of likely N-dealkylation sites (tertiary alicyclic amines) is 1. The van der Waals surface area contributed by atoms with E-state index < -0.39 is 41.1 Å². The topological polar surface area (TPSA) is 115 Å². The highest BCUT2D eigenvalue weighted by molar-refractivity contribution is 7.88. The Morgan fingerprint density at radius 2 is 1.91 bits per heavy atom. The molecular weight excluding hydrogens is 597 g/mol. The molecule has 1 saturated heterocycles. The van der Waals surface area contributed by atoms with E-state index in [1.807, 2.05) is 31.3 Å². The minimum Gasteiger partial charge on any atom is -0.598 e. The average Bonchev–Trinajstić information content (AvgIpc) is 3.35. The third-order valence-corrected chi connectivity index (χ3v) is 9.07. The first-order valence-electron chi connectivity index (χ1n) is 14.1. The van der Waals surface area contributed by atoms with E-state index in [-0.39, 0.29) is 23.6 Å². The van der Waals surface area contributed by atoms with Gasteiger partial charge in [-0.15, -0.1) is 4.31 Å². The summed E-state index contributed by atoms with van der Waals surface area (Å²) < 4.78 is 67.6. The van der Waals surface area contributed by atoms with Gasteiger partial charge in [-0.3, -0.25) is 4.79 Å². The molecule has 1 unspecified atom stereocenters. The number of ether oxygens (including phenoxy) is 2. The molecular formula is C30H35F3N6O4S. The number of halogens is 3. The fourth-order valence-electron chi connectivity index (χ4n) is 5.57. The van der Waals surface area contributed by atoms with Gasteiger partial charge in [-0.25, -0.2) is 4.98 Å². The number of rotatable bonds is 9. The first kappa shape index (κ1) is 31.8. The summed E-state index contributed by atoms with van der Waals surface area (Å²) in [5.41, 5.74) is 1.33. The third kappa shape index (κ3) is 7.04. The first-order valence-corrected chi connectivity index (χ1v) is 15.7. The summed E-state index contributed by atoms with van der Waals surface area (Å²) in [6.45, 7) is 1.80. The van der Waals surface area contributed by atoms with Gasteiger partial charge in [0.05, 0.1) is 12.8 Å². The Balaban J connectivity index is 1.38. The summed E-state index contributed by atoms with van der Waals surface area (Å²) >= 11 is -1.41. The van der Waals surface area contributed by atoms with Gasteiger partial charge in [-0.2, -0.15) is 18.2 Å². The van der Waals surface area contributed by atoms with Gasteiger partial charge in [0.2, 0.25) is 11.8 Å². The van der Waals surface area contributed by atoms with Crippen LogP contribution in [0.3, 0.4) is 0 Å². The van der Waals surface area contributed by atoms with Crippen LogP contribution in [0.1, 0.15) is 45.9 Å². The summed E-state index contributed by atoms with van der Waals surface area (Å²) in [6, 6.07) is 11.6. The largest absolute Gasteiger partial charge is 0.598 e. The highest BCUT2D eigenvalue weighted by atomic mass is 32.2. The van der Waals surface area contributed by atoms with Gasteiger partial charge in [-0.05, 0) is 62.3 Å². The van der Waals surface area contributed by atoms with Crippen molar-refractivity contribution in [2.45, 2.75) is 43.6 Å². The Hall–Kier alpha value is -3.59. The van der Waals surface area contributed by atoms with Gasteiger partial charge >= 0.3 is 6.18 Å². The quantitative estimate of drug-likeness (QED) is 0.333. The van der Waals surface area contributed by atoms with Crippen molar-refractivity contribution in [3.63, 3.8) is 0 Å². The smallest absolute Gasteiger partial charge is 0.423 e. The molecule has 2 aromatic carbocycles. The van der Waals surface area contributed by atoms with Crippen LogP contribution in [-0.2, 0) is 24.0 Å². The average molecular weight is 633 g/mol. The molecule has 3 atom stereocenters. The lowest BCUT2D eigenvalue weighted by molar-refractivity contribution is -0.140. The number of hydrogen-bond donors (Lipinski definition) is 2. The minimum atomic E-state index is -4.78. The number of hydrogen-bond acceptors (Lipinski definition) is 9. The summed E-state index contributed by atoms with van der Waals surface area (Å²) in [6.07, 6.45) is -1.38. The second-order valence-corrected chi connectivity index (χ2v) is 12.4. The molecule has 44 heavy (non-hydrogen) atoms. The Kier molecular flexibility index (Phi) is 9.53. The number of methoxy groups -OCH3 is 1. The van der Waals surface area contributed by atoms with E-state index >= 15 is 0 Å². The molecule has 3 aromatic rings. The Morgan fingerprint density at radius 1 is 1.18 bits per heavy atom. The zero-order valence-corrected chi connectivity index (χ0v) is 25.7. The van der Waals surface area contributed by atoms with Crippen LogP contribution in [0, 0.1) is 0 Å². The summed E-state index contributed by atoms with van der Waals surface area (Å²) in [4.78, 5) is 23.1. The number of carbonyl (C=O) groups excluding carboxylic acids is 1. The second kappa shape index (κ2) is 13.2. The van der Waals surface area contributed by atoms with Gasteiger partial charge in [0.25, 0.3) is 5.91 Å². The molecule has 5 rings (SSSR count). The van der Waals surface area contributed by atoms with Crippen LogP contribution >= 0.6 is 0 Å². The van der Waals surface area contributed by atoms with Gasteiger partial charge in [-0.1, -0.05) is 24.3 Å².